The second-order valence-electron chi connectivity index (χ2n) is 3.27. The van der Waals surface area contributed by atoms with Gasteiger partial charge in [-0.15, -0.1) is 0 Å². The maximum absolute atomic E-state index is 10.9. The standard InChI is InChI=1S/C13H10NO2/c14-13(15)10-5-4-8-12(9-10)16-11-6-2-1-3-7-11/h1-9,14H. The van der Waals surface area contributed by atoms with E-state index >= 15 is 0 Å². The molecule has 0 fully saturated rings. The quantitative estimate of drug-likeness (QED) is 0.785. The van der Waals surface area contributed by atoms with Crippen molar-refractivity contribution in [3.05, 3.63) is 60.2 Å². The summed E-state index contributed by atoms with van der Waals surface area (Å²) in [4.78, 5) is 10.9. The van der Waals surface area contributed by atoms with Gasteiger partial charge in [-0.25, -0.2) is 0 Å². The molecule has 3 heteroatoms. The minimum atomic E-state index is -0.710. The van der Waals surface area contributed by atoms with Crippen molar-refractivity contribution in [2.24, 2.45) is 0 Å². The van der Waals surface area contributed by atoms with Gasteiger partial charge < -0.3 is 4.74 Å². The molecular formula is C13H10NO2. The van der Waals surface area contributed by atoms with Gasteiger partial charge in [0.05, 0.1) is 0 Å². The van der Waals surface area contributed by atoms with Crippen LogP contribution >= 0.6 is 0 Å². The molecule has 0 bridgehead atoms. The number of hydrogen-bond acceptors (Lipinski definition) is 2. The summed E-state index contributed by atoms with van der Waals surface area (Å²) in [6, 6.07) is 15.9. The minimum Gasteiger partial charge on any atom is -0.457 e. The summed E-state index contributed by atoms with van der Waals surface area (Å²) >= 11 is 0. The van der Waals surface area contributed by atoms with Gasteiger partial charge in [-0.2, -0.15) is 0 Å². The number of ether oxygens (including phenoxy) is 1. The summed E-state index contributed by atoms with van der Waals surface area (Å²) in [5.74, 6) is 0.555. The van der Waals surface area contributed by atoms with Crippen molar-refractivity contribution >= 4 is 5.91 Å². The first-order valence-electron chi connectivity index (χ1n) is 4.84. The number of rotatable bonds is 3. The van der Waals surface area contributed by atoms with E-state index in [1.165, 1.54) is 0 Å². The molecule has 3 nitrogen and oxygen atoms in total. The first-order valence-corrected chi connectivity index (χ1v) is 4.84. The third kappa shape index (κ3) is 2.39. The monoisotopic (exact) mass is 212 g/mol. The lowest BCUT2D eigenvalue weighted by molar-refractivity contribution is 0.0992. The van der Waals surface area contributed by atoms with Crippen molar-refractivity contribution in [3.8, 4) is 11.5 Å². The number of amides is 1. The van der Waals surface area contributed by atoms with Crippen LogP contribution in [0.15, 0.2) is 54.6 Å². The molecule has 1 N–H and O–H groups in total. The fourth-order valence-corrected chi connectivity index (χ4v) is 1.33. The van der Waals surface area contributed by atoms with Gasteiger partial charge in [-0.05, 0) is 30.3 Å². The Morgan fingerprint density at radius 1 is 0.938 bits per heavy atom. The third-order valence-corrected chi connectivity index (χ3v) is 2.08. The van der Waals surface area contributed by atoms with Crippen LogP contribution in [0.25, 0.3) is 0 Å². The smallest absolute Gasteiger partial charge is 0.269 e. The molecule has 2 aromatic rings. The van der Waals surface area contributed by atoms with E-state index in [1.807, 2.05) is 30.3 Å². The van der Waals surface area contributed by atoms with E-state index in [2.05, 4.69) is 0 Å². The Morgan fingerprint density at radius 2 is 1.62 bits per heavy atom. The van der Waals surface area contributed by atoms with E-state index in [4.69, 9.17) is 10.5 Å². The molecule has 0 spiro atoms. The summed E-state index contributed by atoms with van der Waals surface area (Å²) in [6.07, 6.45) is 0. The van der Waals surface area contributed by atoms with Crippen molar-refractivity contribution in [1.82, 2.24) is 5.73 Å². The average Bonchev–Trinajstić information content (AvgIpc) is 2.30. The molecule has 2 rings (SSSR count). The summed E-state index contributed by atoms with van der Waals surface area (Å²) in [6.45, 7) is 0. The second-order valence-corrected chi connectivity index (χ2v) is 3.27. The number of carbonyl (C=O) groups is 1. The molecule has 0 aliphatic rings. The zero-order valence-corrected chi connectivity index (χ0v) is 8.51. The highest BCUT2D eigenvalue weighted by Gasteiger charge is 2.03. The van der Waals surface area contributed by atoms with Crippen LogP contribution in [0.2, 0.25) is 0 Å². The van der Waals surface area contributed by atoms with Crippen LogP contribution in [0.5, 0.6) is 11.5 Å². The van der Waals surface area contributed by atoms with Gasteiger partial charge >= 0.3 is 0 Å². The van der Waals surface area contributed by atoms with E-state index in [-0.39, 0.29) is 0 Å². The molecule has 0 saturated carbocycles. The Hall–Kier alpha value is -2.29. The largest absolute Gasteiger partial charge is 0.457 e. The van der Waals surface area contributed by atoms with Gasteiger partial charge in [0.25, 0.3) is 5.91 Å². The van der Waals surface area contributed by atoms with Gasteiger partial charge in [0.1, 0.15) is 11.5 Å². The molecule has 2 aromatic carbocycles. The molecule has 1 amide bonds. The van der Waals surface area contributed by atoms with Crippen molar-refractivity contribution in [2.45, 2.75) is 0 Å². The molecule has 16 heavy (non-hydrogen) atoms. The normalized spacial score (nSPS) is 9.75. The van der Waals surface area contributed by atoms with Crippen LogP contribution in [0.3, 0.4) is 0 Å². The van der Waals surface area contributed by atoms with Crippen LogP contribution in [0.1, 0.15) is 10.4 Å². The fourth-order valence-electron chi connectivity index (χ4n) is 1.33. The maximum atomic E-state index is 10.9. The SMILES string of the molecule is [NH]C(=O)c1cccc(Oc2ccccc2)c1. The molecule has 0 aromatic heterocycles. The Kier molecular flexibility index (Phi) is 2.87. The highest BCUT2D eigenvalue weighted by Crippen LogP contribution is 2.21. The highest BCUT2D eigenvalue weighted by atomic mass is 16.5. The van der Waals surface area contributed by atoms with Gasteiger partial charge in [0.2, 0.25) is 0 Å². The number of carbonyl (C=O) groups excluding carboxylic acids is 1. The number of nitrogens with one attached hydrogen (secondary N) is 1. The number of benzene rings is 2. The second kappa shape index (κ2) is 4.49. The summed E-state index contributed by atoms with van der Waals surface area (Å²) in [5, 5.41) is 0. The summed E-state index contributed by atoms with van der Waals surface area (Å²) in [7, 11) is 0. The van der Waals surface area contributed by atoms with Gasteiger partial charge in [-0.1, -0.05) is 24.3 Å². The summed E-state index contributed by atoms with van der Waals surface area (Å²) < 4.78 is 5.53. The predicted molar refractivity (Wildman–Crippen MR) is 60.4 cm³/mol. The first kappa shape index (κ1) is 10.2. The average molecular weight is 212 g/mol. The zero-order valence-electron chi connectivity index (χ0n) is 8.51. The predicted octanol–water partition coefficient (Wildman–Crippen LogP) is 2.90. The fraction of sp³-hybridized carbons (Fsp3) is 0. The number of hydrogen-bond donors (Lipinski definition) is 0. The Balaban J connectivity index is 2.22. The summed E-state index contributed by atoms with van der Waals surface area (Å²) in [5.41, 5.74) is 7.33. The Labute approximate surface area is 93.5 Å². The Bertz CT molecular complexity index is 494. The topological polar surface area (TPSA) is 50.1 Å². The van der Waals surface area contributed by atoms with Crippen molar-refractivity contribution in [1.29, 1.82) is 0 Å². The van der Waals surface area contributed by atoms with E-state index in [9.17, 15) is 4.79 Å². The Morgan fingerprint density at radius 3 is 2.31 bits per heavy atom. The van der Waals surface area contributed by atoms with E-state index in [0.717, 1.165) is 0 Å². The van der Waals surface area contributed by atoms with E-state index in [0.29, 0.717) is 17.1 Å². The highest BCUT2D eigenvalue weighted by molar-refractivity contribution is 5.92. The molecule has 79 valence electrons. The molecule has 0 aliphatic carbocycles. The van der Waals surface area contributed by atoms with Gasteiger partial charge in [-0.3, -0.25) is 10.5 Å². The lowest BCUT2D eigenvalue weighted by Gasteiger charge is -2.05. The van der Waals surface area contributed by atoms with Gasteiger partial charge in [0, 0.05) is 5.56 Å². The van der Waals surface area contributed by atoms with Crippen molar-refractivity contribution in [3.63, 3.8) is 0 Å². The van der Waals surface area contributed by atoms with E-state index < -0.39 is 5.91 Å². The lowest BCUT2D eigenvalue weighted by atomic mass is 10.2. The van der Waals surface area contributed by atoms with Gasteiger partial charge in [0.15, 0.2) is 0 Å². The van der Waals surface area contributed by atoms with Crippen LogP contribution in [-0.4, -0.2) is 5.91 Å². The minimum absolute atomic E-state index is 0.327. The number of para-hydroxylation sites is 1. The van der Waals surface area contributed by atoms with Crippen LogP contribution in [0, 0.1) is 0 Å². The maximum Gasteiger partial charge on any atom is 0.269 e. The van der Waals surface area contributed by atoms with Crippen LogP contribution < -0.4 is 10.5 Å². The molecular weight excluding hydrogens is 202 g/mol. The van der Waals surface area contributed by atoms with E-state index in [1.54, 1.807) is 24.3 Å². The van der Waals surface area contributed by atoms with Crippen molar-refractivity contribution in [2.75, 3.05) is 0 Å². The lowest BCUT2D eigenvalue weighted by Crippen LogP contribution is -1.98. The van der Waals surface area contributed by atoms with Crippen LogP contribution in [0.4, 0.5) is 0 Å². The first-order chi connectivity index (χ1) is 7.75. The molecule has 1 radical (unpaired) electrons. The van der Waals surface area contributed by atoms with Crippen LogP contribution in [-0.2, 0) is 0 Å². The zero-order chi connectivity index (χ0) is 11.4. The molecule has 0 unspecified atom stereocenters. The van der Waals surface area contributed by atoms with Crippen molar-refractivity contribution < 1.29 is 9.53 Å². The molecule has 0 heterocycles. The molecule has 0 atom stereocenters. The third-order valence-electron chi connectivity index (χ3n) is 2.08. The molecule has 0 aliphatic heterocycles. The molecule has 0 saturated heterocycles.